The van der Waals surface area contributed by atoms with Crippen LogP contribution in [0.3, 0.4) is 0 Å². The molecule has 1 heterocycles. The third-order valence-electron chi connectivity index (χ3n) is 9.61. The smallest absolute Gasteiger partial charge is 0.330 e. The van der Waals surface area contributed by atoms with E-state index in [1.165, 1.54) is 34.5 Å². The zero-order valence-corrected chi connectivity index (χ0v) is 35.5. The van der Waals surface area contributed by atoms with Crippen LogP contribution in [0.4, 0.5) is 0 Å². The average molecular weight is 795 g/mol. The first-order chi connectivity index (χ1) is 27.4. The predicted molar refractivity (Wildman–Crippen MR) is 221 cm³/mol. The van der Waals surface area contributed by atoms with Gasteiger partial charge in [-0.15, -0.1) is 13.2 Å². The third kappa shape index (κ3) is 15.6. The lowest BCUT2D eigenvalue weighted by Gasteiger charge is -2.53. The normalized spacial score (nSPS) is 20.0. The summed E-state index contributed by atoms with van der Waals surface area (Å²) in [4.78, 5) is 26.4. The summed E-state index contributed by atoms with van der Waals surface area (Å²) in [5.74, 6) is -1.92. The van der Waals surface area contributed by atoms with E-state index in [0.29, 0.717) is 31.6 Å². The van der Waals surface area contributed by atoms with Gasteiger partial charge in [-0.1, -0.05) is 74.5 Å². The minimum Gasteiger partial charge on any atom is -0.497 e. The number of hydrogen-bond donors (Lipinski definition) is 0. The number of methoxy groups -OCH3 is 5. The molecule has 0 N–H and O–H groups in total. The highest BCUT2D eigenvalue weighted by Crippen LogP contribution is 2.49. The van der Waals surface area contributed by atoms with Crippen molar-refractivity contribution < 1.29 is 52.2 Å². The maximum Gasteiger partial charge on any atom is 0.330 e. The minimum atomic E-state index is -1.62. The summed E-state index contributed by atoms with van der Waals surface area (Å²) in [6, 6.07) is 17.6. The zero-order valence-electron chi connectivity index (χ0n) is 35.5. The van der Waals surface area contributed by atoms with Crippen LogP contribution in [0.25, 0.3) is 0 Å². The molecule has 316 valence electrons. The van der Waals surface area contributed by atoms with Crippen LogP contribution in [0.5, 0.6) is 5.75 Å². The molecule has 0 unspecified atom stereocenters. The molecule has 0 aromatic heterocycles. The number of esters is 2. The molecule has 0 saturated carbocycles. The molecule has 1 aliphatic rings. The second kappa shape index (κ2) is 26.0. The first kappa shape index (κ1) is 49.0. The van der Waals surface area contributed by atoms with Gasteiger partial charge in [-0.25, -0.2) is 4.79 Å². The van der Waals surface area contributed by atoms with Crippen LogP contribution in [0.2, 0.25) is 0 Å². The molecule has 2 aromatic rings. The minimum absolute atomic E-state index is 0.169. The molecule has 0 radical (unpaired) electrons. The molecule has 11 nitrogen and oxygen atoms in total. The van der Waals surface area contributed by atoms with Crippen molar-refractivity contribution in [3.8, 4) is 5.75 Å². The van der Waals surface area contributed by atoms with Crippen LogP contribution in [0, 0.1) is 5.41 Å². The summed E-state index contributed by atoms with van der Waals surface area (Å²) in [5.41, 5.74) is 1.48. The van der Waals surface area contributed by atoms with Gasteiger partial charge >= 0.3 is 11.9 Å². The van der Waals surface area contributed by atoms with Crippen molar-refractivity contribution in [1.82, 2.24) is 0 Å². The fourth-order valence-electron chi connectivity index (χ4n) is 6.43. The largest absolute Gasteiger partial charge is 0.497 e. The predicted octanol–water partition coefficient (Wildman–Crippen LogP) is 8.86. The van der Waals surface area contributed by atoms with E-state index < -0.39 is 47.7 Å². The number of allylic oxidation sites excluding steroid dienone is 2. The lowest BCUT2D eigenvalue weighted by molar-refractivity contribution is -0.339. The summed E-state index contributed by atoms with van der Waals surface area (Å²) < 4.78 is 53.9. The van der Waals surface area contributed by atoms with Crippen LogP contribution in [-0.2, 0) is 60.7 Å². The molecule has 1 saturated heterocycles. The fourth-order valence-corrected chi connectivity index (χ4v) is 6.43. The van der Waals surface area contributed by atoms with Gasteiger partial charge in [-0.2, -0.15) is 0 Å². The Morgan fingerprint density at radius 1 is 0.930 bits per heavy atom. The summed E-state index contributed by atoms with van der Waals surface area (Å²) in [6.45, 7) is 15.5. The van der Waals surface area contributed by atoms with E-state index in [1.54, 1.807) is 19.3 Å². The Balaban J connectivity index is 0.00000362. The van der Waals surface area contributed by atoms with Crippen molar-refractivity contribution in [1.29, 1.82) is 0 Å². The van der Waals surface area contributed by atoms with Crippen molar-refractivity contribution in [2.75, 3.05) is 35.5 Å². The van der Waals surface area contributed by atoms with E-state index in [0.717, 1.165) is 29.7 Å². The van der Waals surface area contributed by atoms with E-state index in [-0.39, 0.29) is 18.9 Å². The summed E-state index contributed by atoms with van der Waals surface area (Å²) >= 11 is 0. The van der Waals surface area contributed by atoms with Crippen molar-refractivity contribution in [3.63, 3.8) is 0 Å². The van der Waals surface area contributed by atoms with E-state index in [2.05, 4.69) is 13.2 Å². The molecule has 57 heavy (non-hydrogen) atoms. The monoisotopic (exact) mass is 794 g/mol. The van der Waals surface area contributed by atoms with E-state index in [1.807, 2.05) is 94.4 Å². The fraction of sp³-hybridized carbons (Fsp3) is 0.522. The Kier molecular flexibility index (Phi) is 22.4. The van der Waals surface area contributed by atoms with Gasteiger partial charge in [0.05, 0.1) is 45.7 Å². The second-order valence-corrected chi connectivity index (χ2v) is 14.2. The van der Waals surface area contributed by atoms with Crippen LogP contribution in [-0.4, -0.2) is 84.0 Å². The van der Waals surface area contributed by atoms with Crippen LogP contribution in [0.1, 0.15) is 77.3 Å². The highest BCUT2D eigenvalue weighted by atomic mass is 16.7. The first-order valence-corrected chi connectivity index (χ1v) is 19.4. The Morgan fingerprint density at radius 2 is 1.56 bits per heavy atom. The molecule has 0 aliphatic carbocycles. The number of carbonyl (C=O) groups excluding carboxylic acids is 2. The maximum absolute atomic E-state index is 13.5. The van der Waals surface area contributed by atoms with Gasteiger partial charge in [0.15, 0.2) is 12.4 Å². The molecule has 1 fully saturated rings. The van der Waals surface area contributed by atoms with Gasteiger partial charge in [0.2, 0.25) is 5.79 Å². The van der Waals surface area contributed by atoms with E-state index in [9.17, 15) is 9.59 Å². The molecule has 2 aromatic carbocycles. The number of ether oxygens (including phenoxy) is 9. The number of unbranched alkanes of at least 4 members (excludes halogenated alkanes) is 2. The maximum atomic E-state index is 13.5. The Bertz CT molecular complexity index is 1530. The molecule has 3 rings (SSSR count). The van der Waals surface area contributed by atoms with Gasteiger partial charge in [-0.05, 0) is 74.4 Å². The van der Waals surface area contributed by atoms with Crippen molar-refractivity contribution in [2.45, 2.75) is 116 Å². The molecule has 5 atom stereocenters. The quantitative estimate of drug-likeness (QED) is 0.0353. The van der Waals surface area contributed by atoms with Crippen LogP contribution in [0.15, 0.2) is 104 Å². The van der Waals surface area contributed by atoms with E-state index in [4.69, 9.17) is 42.6 Å². The number of rotatable bonds is 23. The van der Waals surface area contributed by atoms with Gasteiger partial charge in [0, 0.05) is 45.7 Å². The lowest BCUT2D eigenvalue weighted by atomic mass is 9.74. The highest BCUT2D eigenvalue weighted by Gasteiger charge is 2.59. The van der Waals surface area contributed by atoms with Crippen molar-refractivity contribution in [2.24, 2.45) is 5.41 Å². The standard InChI is InChI=1S/C43H60O11.C3H6/c1-10-11-12-16-19-38(44)53-41-34(27-39(45)47-6)26-36(54-43(41,50-9)42(3,4)25-24-40(48-7)49-8)28-37(31(2)51-29-32-17-14-13-15-18-32)52-30-33-20-22-35(46-5)23-21-33;1-3-2/h10,13-15,17-18,20-25,27,31,36-37,40-41H,1,11-12,16,19,26,28-30H2,2-9H3;3H,1H2,2H3/b25-24+,34-27+;/t31-,36-,37+,41-,43+;/m0./s1. The van der Waals surface area contributed by atoms with Gasteiger partial charge < -0.3 is 42.6 Å². The zero-order chi connectivity index (χ0) is 42.3. The highest BCUT2D eigenvalue weighted by molar-refractivity contribution is 5.83. The Labute approximate surface area is 340 Å². The number of carbonyl (C=O) groups is 2. The molecular weight excluding hydrogens is 728 g/mol. The SMILES string of the molecule is C=CC.C=CCCCCC(=O)O[C@H]1/C(=C/C(=O)OC)C[C@@H](C[C@@H](OCc2ccc(OC)cc2)[C@H](C)OCc2ccccc2)O[C@@]1(OC)C(C)(C)/C=C/C(OC)OC. The second-order valence-electron chi connectivity index (χ2n) is 14.2. The van der Waals surface area contributed by atoms with E-state index >= 15 is 0 Å². The average Bonchev–Trinajstić information content (AvgIpc) is 3.21. The van der Waals surface area contributed by atoms with Gasteiger partial charge in [0.25, 0.3) is 0 Å². The van der Waals surface area contributed by atoms with Gasteiger partial charge in [0.1, 0.15) is 5.75 Å². The first-order valence-electron chi connectivity index (χ1n) is 19.4. The molecule has 0 amide bonds. The molecule has 11 heteroatoms. The topological polar surface area (TPSA) is 117 Å². The number of hydrogen-bond acceptors (Lipinski definition) is 11. The molecule has 1 aliphatic heterocycles. The lowest BCUT2D eigenvalue weighted by Crippen LogP contribution is -2.63. The van der Waals surface area contributed by atoms with Crippen molar-refractivity contribution in [3.05, 3.63) is 115 Å². The van der Waals surface area contributed by atoms with Crippen LogP contribution >= 0.6 is 0 Å². The third-order valence-corrected chi connectivity index (χ3v) is 9.61. The molecule has 0 spiro atoms. The van der Waals surface area contributed by atoms with Gasteiger partial charge in [-0.3, -0.25) is 4.79 Å². The molecular formula is C46H66O11. The Hall–Kier alpha value is -4.10. The van der Waals surface area contributed by atoms with Crippen molar-refractivity contribution >= 4 is 11.9 Å². The summed E-state index contributed by atoms with van der Waals surface area (Å²) in [6.07, 6.45) is 8.24. The van der Waals surface area contributed by atoms with Crippen LogP contribution < -0.4 is 4.74 Å². The summed E-state index contributed by atoms with van der Waals surface area (Å²) in [5, 5.41) is 0. The number of benzene rings is 2. The Morgan fingerprint density at radius 3 is 2.14 bits per heavy atom. The summed E-state index contributed by atoms with van der Waals surface area (Å²) in [7, 11) is 7.50. The molecule has 0 bridgehead atoms.